The number of nitro benzene ring substituents is 1. The van der Waals surface area contributed by atoms with Crippen molar-refractivity contribution in [2.75, 3.05) is 4.90 Å². The molecule has 176 valence electrons. The van der Waals surface area contributed by atoms with Gasteiger partial charge in [0.2, 0.25) is 0 Å². The van der Waals surface area contributed by atoms with Gasteiger partial charge in [-0.2, -0.15) is 0 Å². The van der Waals surface area contributed by atoms with E-state index in [-0.39, 0.29) is 23.6 Å². The average Bonchev–Trinajstić information content (AvgIpc) is 2.84. The number of nitrogens with zero attached hydrogens (tertiary/aromatic N) is 2. The van der Waals surface area contributed by atoms with E-state index in [1.54, 1.807) is 61.5 Å². The Morgan fingerprint density at radius 3 is 2.49 bits per heavy atom. The predicted molar refractivity (Wildman–Crippen MR) is 129 cm³/mol. The lowest BCUT2D eigenvalue weighted by atomic mass is 10.1. The second kappa shape index (κ2) is 9.78. The van der Waals surface area contributed by atoms with Crippen molar-refractivity contribution in [1.29, 1.82) is 0 Å². The van der Waals surface area contributed by atoms with E-state index in [1.165, 1.54) is 18.2 Å². The number of anilines is 1. The number of ether oxygens (including phenoxy) is 1. The highest BCUT2D eigenvalue weighted by Gasteiger charge is 2.37. The number of amides is 4. The number of imide groups is 2. The Bertz CT molecular complexity index is 1380. The van der Waals surface area contributed by atoms with Crippen molar-refractivity contribution < 1.29 is 24.0 Å². The summed E-state index contributed by atoms with van der Waals surface area (Å²) in [4.78, 5) is 49.2. The first-order valence-corrected chi connectivity index (χ1v) is 10.7. The lowest BCUT2D eigenvalue weighted by molar-refractivity contribution is -0.384. The molecule has 0 bridgehead atoms. The molecule has 3 aromatic rings. The van der Waals surface area contributed by atoms with E-state index >= 15 is 0 Å². The molecule has 0 radical (unpaired) electrons. The van der Waals surface area contributed by atoms with Gasteiger partial charge < -0.3 is 4.74 Å². The van der Waals surface area contributed by atoms with Gasteiger partial charge in [-0.3, -0.25) is 25.0 Å². The third-order valence-corrected chi connectivity index (χ3v) is 5.71. The summed E-state index contributed by atoms with van der Waals surface area (Å²) < 4.78 is 5.67. The minimum Gasteiger partial charge on any atom is -0.489 e. The van der Waals surface area contributed by atoms with Gasteiger partial charge in [0.05, 0.1) is 10.6 Å². The number of nitrogens with one attached hydrogen (secondary N) is 1. The van der Waals surface area contributed by atoms with E-state index in [9.17, 15) is 24.5 Å². The van der Waals surface area contributed by atoms with E-state index in [4.69, 9.17) is 16.3 Å². The summed E-state index contributed by atoms with van der Waals surface area (Å²) in [6.45, 7) is 1.80. The maximum Gasteiger partial charge on any atom is 0.335 e. The van der Waals surface area contributed by atoms with E-state index in [1.807, 2.05) is 0 Å². The Balaban J connectivity index is 1.52. The Hall–Kier alpha value is -4.50. The summed E-state index contributed by atoms with van der Waals surface area (Å²) in [7, 11) is 0. The van der Waals surface area contributed by atoms with Crippen LogP contribution in [-0.4, -0.2) is 22.8 Å². The summed E-state index contributed by atoms with van der Waals surface area (Å²) in [5.41, 5.74) is 1.73. The zero-order chi connectivity index (χ0) is 25.1. The van der Waals surface area contributed by atoms with Gasteiger partial charge >= 0.3 is 6.03 Å². The topological polar surface area (TPSA) is 119 Å². The Kier molecular flexibility index (Phi) is 6.61. The number of halogens is 1. The maximum absolute atomic E-state index is 13.1. The molecule has 3 aromatic carbocycles. The average molecular weight is 492 g/mol. The lowest BCUT2D eigenvalue weighted by Crippen LogP contribution is -2.54. The normalized spacial score (nSPS) is 14.7. The molecular weight excluding hydrogens is 474 g/mol. The molecule has 0 aliphatic carbocycles. The van der Waals surface area contributed by atoms with Crippen molar-refractivity contribution in [1.82, 2.24) is 5.32 Å². The maximum atomic E-state index is 13.1. The van der Waals surface area contributed by atoms with Crippen LogP contribution >= 0.6 is 11.6 Å². The number of barbiturate groups is 1. The van der Waals surface area contributed by atoms with Crippen LogP contribution in [0.3, 0.4) is 0 Å². The minimum atomic E-state index is -0.854. The molecule has 10 heteroatoms. The van der Waals surface area contributed by atoms with Crippen molar-refractivity contribution in [3.63, 3.8) is 0 Å². The van der Waals surface area contributed by atoms with Crippen molar-refractivity contribution >= 4 is 46.9 Å². The Labute approximate surface area is 204 Å². The van der Waals surface area contributed by atoms with Crippen molar-refractivity contribution in [3.8, 4) is 5.75 Å². The number of carbonyl (C=O) groups excluding carboxylic acids is 3. The molecule has 0 saturated carbocycles. The quantitative estimate of drug-likeness (QED) is 0.229. The third kappa shape index (κ3) is 5.04. The van der Waals surface area contributed by atoms with Gasteiger partial charge in [-0.15, -0.1) is 0 Å². The molecular formula is C25H18ClN3O6. The summed E-state index contributed by atoms with van der Waals surface area (Å²) in [6, 6.07) is 16.6. The fourth-order valence-electron chi connectivity index (χ4n) is 3.47. The van der Waals surface area contributed by atoms with Crippen LogP contribution in [0.25, 0.3) is 6.08 Å². The number of urea groups is 1. The fraction of sp³-hybridized carbons (Fsp3) is 0.0800. The van der Waals surface area contributed by atoms with Crippen LogP contribution in [0, 0.1) is 17.0 Å². The monoisotopic (exact) mass is 491 g/mol. The van der Waals surface area contributed by atoms with Gasteiger partial charge in [0.15, 0.2) is 0 Å². The number of hydrogen-bond acceptors (Lipinski definition) is 6. The second-order valence-corrected chi connectivity index (χ2v) is 8.03. The molecule has 0 unspecified atom stereocenters. The molecule has 1 fully saturated rings. The number of benzene rings is 3. The van der Waals surface area contributed by atoms with Gasteiger partial charge in [-0.1, -0.05) is 41.9 Å². The molecule has 9 nitrogen and oxygen atoms in total. The van der Waals surface area contributed by atoms with Crippen LogP contribution in [0.5, 0.6) is 5.75 Å². The Morgan fingerprint density at radius 1 is 1.06 bits per heavy atom. The smallest absolute Gasteiger partial charge is 0.335 e. The number of hydrogen-bond donors (Lipinski definition) is 1. The predicted octanol–water partition coefficient (Wildman–Crippen LogP) is 4.80. The lowest BCUT2D eigenvalue weighted by Gasteiger charge is -2.27. The summed E-state index contributed by atoms with van der Waals surface area (Å²) in [6.07, 6.45) is 1.38. The SMILES string of the molecule is Cc1c(Cl)cccc1N1C(=O)NC(=O)/C(=C\c2ccc(OCc3cccc([N+](=O)[O-])c3)cc2)C1=O. The van der Waals surface area contributed by atoms with Gasteiger partial charge in [-0.05, 0) is 54.0 Å². The highest BCUT2D eigenvalue weighted by atomic mass is 35.5. The molecule has 1 saturated heterocycles. The van der Waals surface area contributed by atoms with Crippen LogP contribution in [0.2, 0.25) is 5.02 Å². The van der Waals surface area contributed by atoms with Crippen LogP contribution in [0.4, 0.5) is 16.2 Å². The van der Waals surface area contributed by atoms with Crippen LogP contribution in [0.1, 0.15) is 16.7 Å². The van der Waals surface area contributed by atoms with Crippen molar-refractivity contribution in [2.24, 2.45) is 0 Å². The molecule has 0 atom stereocenters. The highest BCUT2D eigenvalue weighted by Crippen LogP contribution is 2.29. The fourth-order valence-corrected chi connectivity index (χ4v) is 3.64. The number of rotatable bonds is 6. The molecule has 0 aromatic heterocycles. The standard InChI is InChI=1S/C25H18ClN3O6/c1-15-21(26)6-3-7-22(15)28-24(31)20(23(30)27-25(28)32)13-16-8-10-19(11-9-16)35-14-17-4-2-5-18(12-17)29(33)34/h2-13H,14H2,1H3,(H,27,30,32)/b20-13+. The van der Waals surface area contributed by atoms with E-state index in [2.05, 4.69) is 5.32 Å². The molecule has 1 aliphatic heterocycles. The third-order valence-electron chi connectivity index (χ3n) is 5.30. The molecule has 4 rings (SSSR count). The number of nitro groups is 1. The van der Waals surface area contributed by atoms with E-state index in [0.29, 0.717) is 27.5 Å². The first-order chi connectivity index (χ1) is 16.7. The molecule has 0 spiro atoms. The van der Waals surface area contributed by atoms with Crippen LogP contribution in [0.15, 0.2) is 72.3 Å². The zero-order valence-electron chi connectivity index (χ0n) is 18.4. The van der Waals surface area contributed by atoms with E-state index in [0.717, 1.165) is 4.90 Å². The van der Waals surface area contributed by atoms with Gasteiger partial charge in [0.1, 0.15) is 17.9 Å². The second-order valence-electron chi connectivity index (χ2n) is 7.63. The number of non-ortho nitro benzene ring substituents is 1. The minimum absolute atomic E-state index is 0.0241. The van der Waals surface area contributed by atoms with Gasteiger partial charge in [-0.25, -0.2) is 9.69 Å². The van der Waals surface area contributed by atoms with Gasteiger partial charge in [0, 0.05) is 17.2 Å². The van der Waals surface area contributed by atoms with Crippen molar-refractivity contribution in [2.45, 2.75) is 13.5 Å². The van der Waals surface area contributed by atoms with Crippen LogP contribution < -0.4 is 15.0 Å². The number of carbonyl (C=O) groups is 3. The first-order valence-electron chi connectivity index (χ1n) is 10.4. The highest BCUT2D eigenvalue weighted by molar-refractivity contribution is 6.39. The molecule has 35 heavy (non-hydrogen) atoms. The summed E-state index contributed by atoms with van der Waals surface area (Å²) in [5, 5.41) is 13.5. The van der Waals surface area contributed by atoms with Crippen LogP contribution in [-0.2, 0) is 16.2 Å². The molecule has 1 aliphatic rings. The molecule has 1 heterocycles. The largest absolute Gasteiger partial charge is 0.489 e. The first kappa shape index (κ1) is 23.7. The summed E-state index contributed by atoms with van der Waals surface area (Å²) in [5.74, 6) is -1.08. The molecule has 4 amide bonds. The zero-order valence-corrected chi connectivity index (χ0v) is 19.1. The Morgan fingerprint density at radius 2 is 1.77 bits per heavy atom. The molecule has 1 N–H and O–H groups in total. The van der Waals surface area contributed by atoms with Gasteiger partial charge in [0.25, 0.3) is 17.5 Å². The van der Waals surface area contributed by atoms with Crippen molar-refractivity contribution in [3.05, 3.63) is 104 Å². The van der Waals surface area contributed by atoms with E-state index < -0.39 is 22.8 Å². The summed E-state index contributed by atoms with van der Waals surface area (Å²) >= 11 is 6.13.